The third-order valence-electron chi connectivity index (χ3n) is 2.95. The third-order valence-corrected chi connectivity index (χ3v) is 2.95. The number of benzene rings is 2. The standard InChI is InChI=1S/C17H16N2O2/c1-12-4-5-13(3-2-10-18)11-16(12)19-17(21)14-6-8-15(20)9-7-14/h4-9,11,20H,10,18H2,1H3,(H,19,21). The maximum Gasteiger partial charge on any atom is 0.255 e. The van der Waals surface area contributed by atoms with Gasteiger partial charge < -0.3 is 16.2 Å². The summed E-state index contributed by atoms with van der Waals surface area (Å²) in [6, 6.07) is 11.7. The molecule has 0 bridgehead atoms. The normalized spacial score (nSPS) is 9.62. The van der Waals surface area contributed by atoms with Crippen LogP contribution in [-0.4, -0.2) is 17.6 Å². The first-order chi connectivity index (χ1) is 10.1. The van der Waals surface area contributed by atoms with Crippen molar-refractivity contribution in [3.8, 4) is 17.6 Å². The van der Waals surface area contributed by atoms with Crippen molar-refractivity contribution in [2.24, 2.45) is 5.73 Å². The molecule has 2 aromatic rings. The van der Waals surface area contributed by atoms with Crippen LogP contribution in [0.5, 0.6) is 5.75 Å². The molecule has 0 heterocycles. The van der Waals surface area contributed by atoms with Gasteiger partial charge in [0.25, 0.3) is 5.91 Å². The molecule has 2 aromatic carbocycles. The largest absolute Gasteiger partial charge is 0.508 e. The van der Waals surface area contributed by atoms with E-state index in [1.54, 1.807) is 12.1 Å². The van der Waals surface area contributed by atoms with Crippen molar-refractivity contribution in [3.05, 3.63) is 59.2 Å². The van der Waals surface area contributed by atoms with Gasteiger partial charge in [0.05, 0.1) is 6.54 Å². The lowest BCUT2D eigenvalue weighted by molar-refractivity contribution is 0.102. The number of nitrogens with one attached hydrogen (secondary N) is 1. The van der Waals surface area contributed by atoms with E-state index in [1.807, 2.05) is 25.1 Å². The molecule has 0 aliphatic carbocycles. The fraction of sp³-hybridized carbons (Fsp3) is 0.118. The van der Waals surface area contributed by atoms with Crippen molar-refractivity contribution >= 4 is 11.6 Å². The zero-order chi connectivity index (χ0) is 15.2. The second-order valence-corrected chi connectivity index (χ2v) is 4.54. The van der Waals surface area contributed by atoms with E-state index in [9.17, 15) is 9.90 Å². The Morgan fingerprint density at radius 3 is 2.62 bits per heavy atom. The van der Waals surface area contributed by atoms with Crippen molar-refractivity contribution in [2.75, 3.05) is 11.9 Å². The second-order valence-electron chi connectivity index (χ2n) is 4.54. The molecule has 0 spiro atoms. The highest BCUT2D eigenvalue weighted by molar-refractivity contribution is 6.04. The van der Waals surface area contributed by atoms with Crippen molar-refractivity contribution in [1.29, 1.82) is 0 Å². The summed E-state index contributed by atoms with van der Waals surface area (Å²) >= 11 is 0. The van der Waals surface area contributed by atoms with Crippen LogP contribution in [-0.2, 0) is 0 Å². The molecule has 21 heavy (non-hydrogen) atoms. The molecule has 0 aromatic heterocycles. The number of amides is 1. The molecule has 0 saturated carbocycles. The predicted molar refractivity (Wildman–Crippen MR) is 83.2 cm³/mol. The summed E-state index contributed by atoms with van der Waals surface area (Å²) in [6.07, 6.45) is 0. The highest BCUT2D eigenvalue weighted by atomic mass is 16.3. The lowest BCUT2D eigenvalue weighted by Crippen LogP contribution is -2.12. The molecular weight excluding hydrogens is 264 g/mol. The molecule has 0 radical (unpaired) electrons. The topological polar surface area (TPSA) is 75.3 Å². The number of phenolic OH excluding ortho intramolecular Hbond substituents is 1. The van der Waals surface area contributed by atoms with Crippen LogP contribution in [0.15, 0.2) is 42.5 Å². The van der Waals surface area contributed by atoms with Crippen molar-refractivity contribution in [1.82, 2.24) is 0 Å². The van der Waals surface area contributed by atoms with Gasteiger partial charge in [-0.2, -0.15) is 0 Å². The van der Waals surface area contributed by atoms with Gasteiger partial charge in [-0.1, -0.05) is 17.9 Å². The van der Waals surface area contributed by atoms with Crippen LogP contribution in [0.2, 0.25) is 0 Å². The highest BCUT2D eigenvalue weighted by Gasteiger charge is 2.08. The Bertz CT molecular complexity index is 710. The first-order valence-electron chi connectivity index (χ1n) is 6.50. The number of carbonyl (C=O) groups excluding carboxylic acids is 1. The number of hydrogen-bond donors (Lipinski definition) is 3. The van der Waals surface area contributed by atoms with E-state index in [4.69, 9.17) is 5.73 Å². The van der Waals surface area contributed by atoms with E-state index in [2.05, 4.69) is 17.2 Å². The van der Waals surface area contributed by atoms with Crippen LogP contribution in [0.3, 0.4) is 0 Å². The van der Waals surface area contributed by atoms with Crippen molar-refractivity contribution in [2.45, 2.75) is 6.92 Å². The molecule has 4 nitrogen and oxygen atoms in total. The molecule has 0 aliphatic rings. The lowest BCUT2D eigenvalue weighted by Gasteiger charge is -2.09. The van der Waals surface area contributed by atoms with Crippen molar-refractivity contribution < 1.29 is 9.90 Å². The Morgan fingerprint density at radius 2 is 1.95 bits per heavy atom. The van der Waals surface area contributed by atoms with E-state index in [1.165, 1.54) is 12.1 Å². The maximum atomic E-state index is 12.2. The van der Waals surface area contributed by atoms with Crippen LogP contribution in [0.4, 0.5) is 5.69 Å². The Kier molecular flexibility index (Phi) is 4.60. The summed E-state index contributed by atoms with van der Waals surface area (Å²) in [5, 5.41) is 12.1. The SMILES string of the molecule is Cc1ccc(C#CCN)cc1NC(=O)c1ccc(O)cc1. The number of hydrogen-bond acceptors (Lipinski definition) is 3. The molecular formula is C17H16N2O2. The minimum absolute atomic E-state index is 0.127. The fourth-order valence-corrected chi connectivity index (χ4v) is 1.79. The molecule has 0 unspecified atom stereocenters. The van der Waals surface area contributed by atoms with Gasteiger partial charge in [-0.3, -0.25) is 4.79 Å². The molecule has 4 N–H and O–H groups in total. The first kappa shape index (κ1) is 14.6. The van der Waals surface area contributed by atoms with Gasteiger partial charge in [0.15, 0.2) is 0 Å². The Labute approximate surface area is 123 Å². The average molecular weight is 280 g/mol. The van der Waals surface area contributed by atoms with Gasteiger partial charge in [-0.05, 0) is 48.9 Å². The van der Waals surface area contributed by atoms with E-state index < -0.39 is 0 Å². The van der Waals surface area contributed by atoms with Gasteiger partial charge in [0.1, 0.15) is 5.75 Å². The monoisotopic (exact) mass is 280 g/mol. The smallest absolute Gasteiger partial charge is 0.255 e. The van der Waals surface area contributed by atoms with Crippen LogP contribution >= 0.6 is 0 Å². The summed E-state index contributed by atoms with van der Waals surface area (Å²) in [6.45, 7) is 2.20. The molecule has 0 aliphatic heterocycles. The number of aromatic hydroxyl groups is 1. The van der Waals surface area contributed by atoms with E-state index in [-0.39, 0.29) is 11.7 Å². The molecule has 106 valence electrons. The summed E-state index contributed by atoms with van der Waals surface area (Å²) < 4.78 is 0. The zero-order valence-corrected chi connectivity index (χ0v) is 11.7. The summed E-state index contributed by atoms with van der Waals surface area (Å²) in [5.41, 5.74) is 8.28. The molecule has 1 amide bonds. The van der Waals surface area contributed by atoms with Gasteiger partial charge in [-0.15, -0.1) is 0 Å². The fourth-order valence-electron chi connectivity index (χ4n) is 1.79. The zero-order valence-electron chi connectivity index (χ0n) is 11.7. The van der Waals surface area contributed by atoms with Gasteiger partial charge >= 0.3 is 0 Å². The van der Waals surface area contributed by atoms with Crippen LogP contribution in [0.1, 0.15) is 21.5 Å². The van der Waals surface area contributed by atoms with Crippen LogP contribution in [0, 0.1) is 18.8 Å². The predicted octanol–water partition coefficient (Wildman–Crippen LogP) is 2.26. The summed E-state index contributed by atoms with van der Waals surface area (Å²) in [4.78, 5) is 12.2. The second kappa shape index (κ2) is 6.60. The number of rotatable bonds is 2. The average Bonchev–Trinajstić information content (AvgIpc) is 2.48. The van der Waals surface area contributed by atoms with Gasteiger partial charge in [0.2, 0.25) is 0 Å². The van der Waals surface area contributed by atoms with Crippen molar-refractivity contribution in [3.63, 3.8) is 0 Å². The van der Waals surface area contributed by atoms with E-state index in [0.717, 1.165) is 11.1 Å². The van der Waals surface area contributed by atoms with E-state index in [0.29, 0.717) is 17.8 Å². The van der Waals surface area contributed by atoms with E-state index >= 15 is 0 Å². The lowest BCUT2D eigenvalue weighted by atomic mass is 10.1. The summed E-state index contributed by atoms with van der Waals surface area (Å²) in [7, 11) is 0. The first-order valence-corrected chi connectivity index (χ1v) is 6.50. The quantitative estimate of drug-likeness (QED) is 0.739. The van der Waals surface area contributed by atoms with Gasteiger partial charge in [-0.25, -0.2) is 0 Å². The highest BCUT2D eigenvalue weighted by Crippen LogP contribution is 2.18. The Hall–Kier alpha value is -2.77. The Morgan fingerprint density at radius 1 is 1.24 bits per heavy atom. The summed E-state index contributed by atoms with van der Waals surface area (Å²) in [5.74, 6) is 5.61. The molecule has 0 saturated heterocycles. The minimum Gasteiger partial charge on any atom is -0.508 e. The number of nitrogens with two attached hydrogens (primary N) is 1. The molecule has 0 atom stereocenters. The van der Waals surface area contributed by atoms with Crippen LogP contribution in [0.25, 0.3) is 0 Å². The number of carbonyl (C=O) groups is 1. The molecule has 4 heteroatoms. The number of anilines is 1. The van der Waals surface area contributed by atoms with Crippen LogP contribution < -0.4 is 11.1 Å². The third kappa shape index (κ3) is 3.85. The van der Waals surface area contributed by atoms with Gasteiger partial charge in [0, 0.05) is 16.8 Å². The molecule has 2 rings (SSSR count). The molecule has 0 fully saturated rings. The minimum atomic E-state index is -0.234. The maximum absolute atomic E-state index is 12.2. The Balaban J connectivity index is 2.22. The number of phenols is 1. The number of aryl methyl sites for hydroxylation is 1.